The first-order valence-electron chi connectivity index (χ1n) is 16.6. The maximum atomic E-state index is 14.6. The Hall–Kier alpha value is -5.16. The number of nitrogens with zero attached hydrogens (tertiary/aromatic N) is 6. The van der Waals surface area contributed by atoms with Crippen molar-refractivity contribution in [1.29, 1.82) is 0 Å². The van der Waals surface area contributed by atoms with Gasteiger partial charge in [-0.15, -0.1) is 0 Å². The summed E-state index contributed by atoms with van der Waals surface area (Å²) < 4.78 is 29.1. The van der Waals surface area contributed by atoms with Crippen LogP contribution in [0.1, 0.15) is 36.8 Å². The SMILES string of the molecule is C=C1c2cc(F)cnc2N(c2cccc(-c3ccc(C[N+](C)(C)C)cc3)c2)C(=O)N1[C@H]1CC[C@@H](NC(=O)C2CN3C=C(F)C=CC3=N2)CC1. The Kier molecular flexibility index (Phi) is 8.40. The number of carbonyl (C=O) groups is 2. The Bertz CT molecular complexity index is 1910. The van der Waals surface area contributed by atoms with Crippen LogP contribution in [-0.4, -0.2) is 82.9 Å². The van der Waals surface area contributed by atoms with Gasteiger partial charge in [0.05, 0.1) is 39.6 Å². The van der Waals surface area contributed by atoms with Crippen LogP contribution >= 0.6 is 0 Å². The van der Waals surface area contributed by atoms with Gasteiger partial charge in [0, 0.05) is 35.1 Å². The van der Waals surface area contributed by atoms with E-state index in [-0.39, 0.29) is 29.8 Å². The zero-order chi connectivity index (χ0) is 34.4. The third-order valence-electron chi connectivity index (χ3n) is 9.43. The molecule has 11 heteroatoms. The van der Waals surface area contributed by atoms with Gasteiger partial charge in [-0.2, -0.15) is 0 Å². The molecule has 1 atom stereocenters. The molecule has 1 aliphatic carbocycles. The van der Waals surface area contributed by atoms with Crippen molar-refractivity contribution in [2.24, 2.45) is 4.99 Å². The number of quaternary nitrogens is 1. The standard InChI is InChI=1S/C38H39F2N7O2/c1-24-33-19-29(40)20-41-36(33)46(32-7-5-6-27(18-32)26-10-8-25(9-11-26)23-47(2,3)4)38(49)45(24)31-15-13-30(14-16-31)42-37(48)34-22-44-21-28(39)12-17-35(44)43-34/h5-12,17-21,30-31,34H,1,13-16,22-23H2,2-4H3/p+1/t30-,31+,34?. The number of anilines is 2. The van der Waals surface area contributed by atoms with E-state index in [0.717, 1.165) is 28.4 Å². The van der Waals surface area contributed by atoms with Crippen molar-refractivity contribution in [3.63, 3.8) is 0 Å². The molecule has 1 saturated carbocycles. The number of benzene rings is 2. The van der Waals surface area contributed by atoms with Crippen molar-refractivity contribution in [2.75, 3.05) is 32.6 Å². The quantitative estimate of drug-likeness (QED) is 0.292. The van der Waals surface area contributed by atoms with E-state index in [2.05, 4.69) is 67.3 Å². The number of nitrogens with one attached hydrogen (secondary N) is 1. The minimum absolute atomic E-state index is 0.0922. The van der Waals surface area contributed by atoms with Crippen LogP contribution in [0.5, 0.6) is 0 Å². The van der Waals surface area contributed by atoms with Gasteiger partial charge in [-0.05, 0) is 67.2 Å². The maximum absolute atomic E-state index is 14.6. The third-order valence-corrected chi connectivity index (χ3v) is 9.43. The van der Waals surface area contributed by atoms with Crippen LogP contribution in [0.3, 0.4) is 0 Å². The summed E-state index contributed by atoms with van der Waals surface area (Å²) in [5.74, 6) is -0.176. The number of urea groups is 1. The molecule has 3 amide bonds. The van der Waals surface area contributed by atoms with Gasteiger partial charge in [-0.3, -0.25) is 14.7 Å². The van der Waals surface area contributed by atoms with Gasteiger partial charge in [0.1, 0.15) is 30.1 Å². The molecule has 4 heterocycles. The molecule has 1 unspecified atom stereocenters. The van der Waals surface area contributed by atoms with Crippen molar-refractivity contribution < 1.29 is 22.9 Å². The molecule has 0 radical (unpaired) electrons. The molecule has 252 valence electrons. The van der Waals surface area contributed by atoms with Gasteiger partial charge in [0.15, 0.2) is 5.82 Å². The molecule has 2 aromatic carbocycles. The highest BCUT2D eigenvalue weighted by molar-refractivity contribution is 6.08. The predicted octanol–water partition coefficient (Wildman–Crippen LogP) is 6.53. The molecule has 0 saturated heterocycles. The Morgan fingerprint density at radius 2 is 1.76 bits per heavy atom. The van der Waals surface area contributed by atoms with Crippen molar-refractivity contribution in [2.45, 2.75) is 50.4 Å². The Morgan fingerprint density at radius 1 is 1.00 bits per heavy atom. The summed E-state index contributed by atoms with van der Waals surface area (Å²) in [4.78, 5) is 41.2. The summed E-state index contributed by atoms with van der Waals surface area (Å²) in [5, 5.41) is 3.11. The van der Waals surface area contributed by atoms with E-state index >= 15 is 0 Å². The molecule has 0 spiro atoms. The molecule has 9 nitrogen and oxygen atoms in total. The van der Waals surface area contributed by atoms with E-state index in [0.29, 0.717) is 60.8 Å². The van der Waals surface area contributed by atoms with Crippen LogP contribution in [-0.2, 0) is 11.3 Å². The van der Waals surface area contributed by atoms with Gasteiger partial charge < -0.3 is 14.7 Å². The van der Waals surface area contributed by atoms with E-state index in [1.54, 1.807) is 20.8 Å². The lowest BCUT2D eigenvalue weighted by atomic mass is 9.89. The molecule has 3 aliphatic heterocycles. The number of allylic oxidation sites excluding steroid dienone is 2. The first-order valence-corrected chi connectivity index (χ1v) is 16.6. The molecule has 1 aromatic heterocycles. The number of rotatable bonds is 7. The molecule has 1 N–H and O–H groups in total. The van der Waals surface area contributed by atoms with E-state index in [9.17, 15) is 18.4 Å². The number of halogens is 2. The van der Waals surface area contributed by atoms with Crippen molar-refractivity contribution in [3.8, 4) is 11.1 Å². The summed E-state index contributed by atoms with van der Waals surface area (Å²) in [6, 6.07) is 16.3. The van der Waals surface area contributed by atoms with E-state index in [1.807, 2.05) is 24.3 Å². The Labute approximate surface area is 285 Å². The fourth-order valence-corrected chi connectivity index (χ4v) is 7.13. The number of fused-ring (bicyclic) bond motifs is 2. The normalized spacial score (nSPS) is 22.1. The number of carbonyl (C=O) groups excluding carboxylic acids is 2. The zero-order valence-electron chi connectivity index (χ0n) is 27.9. The Morgan fingerprint density at radius 3 is 2.49 bits per heavy atom. The largest absolute Gasteiger partial charge is 0.351 e. The Balaban J connectivity index is 1.08. The maximum Gasteiger partial charge on any atom is 0.335 e. The second-order valence-electron chi connectivity index (χ2n) is 14.2. The first kappa shape index (κ1) is 32.4. The van der Waals surface area contributed by atoms with Crippen LogP contribution in [0, 0.1) is 5.82 Å². The van der Waals surface area contributed by atoms with Crippen LogP contribution < -0.4 is 10.2 Å². The van der Waals surface area contributed by atoms with Gasteiger partial charge in [0.2, 0.25) is 5.91 Å². The van der Waals surface area contributed by atoms with Crippen molar-refractivity contribution in [1.82, 2.24) is 20.1 Å². The highest BCUT2D eigenvalue weighted by atomic mass is 19.1. The van der Waals surface area contributed by atoms with Crippen molar-refractivity contribution in [3.05, 3.63) is 108 Å². The van der Waals surface area contributed by atoms with E-state index in [1.165, 1.54) is 23.9 Å². The van der Waals surface area contributed by atoms with Crippen LogP contribution in [0.15, 0.2) is 96.5 Å². The third kappa shape index (κ3) is 6.63. The number of hydrogen-bond donors (Lipinski definition) is 1. The predicted molar refractivity (Wildman–Crippen MR) is 187 cm³/mol. The summed E-state index contributed by atoms with van der Waals surface area (Å²) in [6.07, 6.45) is 7.89. The molecule has 4 aliphatic rings. The zero-order valence-corrected chi connectivity index (χ0v) is 27.9. The molecule has 49 heavy (non-hydrogen) atoms. The number of aliphatic imine (C=N–C) groups is 1. The number of aromatic nitrogens is 1. The van der Waals surface area contributed by atoms with Gasteiger partial charge in [-0.1, -0.05) is 43.0 Å². The van der Waals surface area contributed by atoms with Crippen molar-refractivity contribution >= 4 is 35.0 Å². The lowest BCUT2D eigenvalue weighted by molar-refractivity contribution is -0.884. The lowest BCUT2D eigenvalue weighted by Crippen LogP contribution is -2.52. The minimum atomic E-state index is -0.619. The van der Waals surface area contributed by atoms with Crippen LogP contribution in [0.4, 0.5) is 25.1 Å². The highest BCUT2D eigenvalue weighted by Gasteiger charge is 2.41. The van der Waals surface area contributed by atoms with E-state index in [4.69, 9.17) is 0 Å². The smallest absolute Gasteiger partial charge is 0.335 e. The second-order valence-corrected chi connectivity index (χ2v) is 14.2. The molecule has 7 rings (SSSR count). The average molecular weight is 665 g/mol. The second kappa shape index (κ2) is 12.7. The lowest BCUT2D eigenvalue weighted by Gasteiger charge is -2.43. The van der Waals surface area contributed by atoms with E-state index < -0.39 is 11.9 Å². The molecule has 1 fully saturated rings. The first-order chi connectivity index (χ1) is 23.4. The minimum Gasteiger partial charge on any atom is -0.351 e. The topological polar surface area (TPSA) is 81.1 Å². The molecular weight excluding hydrogens is 624 g/mol. The molecule has 3 aromatic rings. The van der Waals surface area contributed by atoms with Gasteiger partial charge in [-0.25, -0.2) is 23.5 Å². The number of amidine groups is 1. The summed E-state index contributed by atoms with van der Waals surface area (Å²) in [7, 11) is 6.47. The number of pyridine rings is 1. The van der Waals surface area contributed by atoms with Crippen LogP contribution in [0.2, 0.25) is 0 Å². The van der Waals surface area contributed by atoms with Gasteiger partial charge in [0.25, 0.3) is 0 Å². The summed E-state index contributed by atoms with van der Waals surface area (Å²) in [6.45, 7) is 5.43. The van der Waals surface area contributed by atoms with Gasteiger partial charge >= 0.3 is 6.03 Å². The fourth-order valence-electron chi connectivity index (χ4n) is 7.13. The number of amides is 3. The fraction of sp³-hybridized carbons (Fsp3) is 0.316. The average Bonchev–Trinajstić information content (AvgIpc) is 3.49. The highest BCUT2D eigenvalue weighted by Crippen LogP contribution is 2.42. The molecular formula is C38H40F2N7O2+. The molecule has 0 bridgehead atoms. The number of hydrogen-bond acceptors (Lipinski definition) is 5. The monoisotopic (exact) mass is 664 g/mol. The summed E-state index contributed by atoms with van der Waals surface area (Å²) >= 11 is 0. The van der Waals surface area contributed by atoms with Crippen LogP contribution in [0.25, 0.3) is 16.8 Å². The summed E-state index contributed by atoms with van der Waals surface area (Å²) in [5.41, 5.74) is 4.68.